The topological polar surface area (TPSA) is 20.2 Å². The van der Waals surface area contributed by atoms with Crippen LogP contribution in [0.4, 0.5) is 0 Å². The van der Waals surface area contributed by atoms with Crippen molar-refractivity contribution in [2.24, 2.45) is 0 Å². The van der Waals surface area contributed by atoms with Gasteiger partial charge in [-0.15, -0.1) is 0 Å². The van der Waals surface area contributed by atoms with Gasteiger partial charge in [0.1, 0.15) is 0 Å². The molecule has 0 saturated carbocycles. The number of aliphatic hydroxyl groups is 1. The fourth-order valence-electron chi connectivity index (χ4n) is 0. The number of hydrogen-bond donors (Lipinski definition) is 1. The second-order valence-corrected chi connectivity index (χ2v) is 0.316. The van der Waals surface area contributed by atoms with E-state index in [1.165, 1.54) is 0 Å². The molecule has 0 aliphatic carbocycles. The first kappa shape index (κ1) is 10.3. The summed E-state index contributed by atoms with van der Waals surface area (Å²) < 4.78 is 0. The quantitative estimate of drug-likeness (QED) is 0.458. The van der Waals surface area contributed by atoms with E-state index in [4.69, 9.17) is 5.11 Å². The predicted octanol–water partition coefficient (Wildman–Crippen LogP) is 0.504. The Morgan fingerprint density at radius 1 is 1.80 bits per heavy atom. The van der Waals surface area contributed by atoms with Crippen LogP contribution in [-0.4, -0.2) is 54.4 Å². The van der Waals surface area contributed by atoms with Crippen LogP contribution in [0.25, 0.3) is 0 Å². The normalized spacial score (nSPS) is 5.00. The Kier molecular flexibility index (Phi) is 33.5. The van der Waals surface area contributed by atoms with E-state index >= 15 is 0 Å². The van der Waals surface area contributed by atoms with Crippen molar-refractivity contribution in [1.29, 1.82) is 0 Å². The summed E-state index contributed by atoms with van der Waals surface area (Å²) in [6, 6.07) is 0. The van der Waals surface area contributed by atoms with Gasteiger partial charge in [0, 0.05) is 6.61 Å². The number of aliphatic hydroxyl groups excluding tert-OH is 1. The van der Waals surface area contributed by atoms with Crippen LogP contribution in [0.3, 0.4) is 0 Å². The van der Waals surface area contributed by atoms with Crippen LogP contribution in [0, 0.1) is 0 Å². The molecule has 0 bridgehead atoms. The van der Waals surface area contributed by atoms with E-state index < -0.39 is 0 Å². The van der Waals surface area contributed by atoms with Crippen molar-refractivity contribution in [3.05, 3.63) is 0 Å². The zero-order valence-electron chi connectivity index (χ0n) is 3.53. The molecule has 3 heteroatoms. The molecule has 0 amide bonds. The second kappa shape index (κ2) is 16.2. The number of hydrogen-bond acceptors (Lipinski definition) is 1. The number of halogens is 1. The zero-order valence-corrected chi connectivity index (χ0v) is 8.81. The molecule has 1 N–H and O–H groups in total. The van der Waals surface area contributed by atoms with Crippen LogP contribution in [0.1, 0.15) is 6.92 Å². The summed E-state index contributed by atoms with van der Waals surface area (Å²) in [6.07, 6.45) is 0. The summed E-state index contributed by atoms with van der Waals surface area (Å²) in [5, 5.41) is 7.57. The molecule has 0 heterocycles. The van der Waals surface area contributed by atoms with Crippen LogP contribution < -0.4 is 0 Å². The van der Waals surface area contributed by atoms with Crippen molar-refractivity contribution >= 4 is 54.0 Å². The van der Waals surface area contributed by atoms with Crippen molar-refractivity contribution in [2.75, 3.05) is 6.61 Å². The average Bonchev–Trinajstić information content (AvgIpc) is 1.46. The summed E-state index contributed by atoms with van der Waals surface area (Å²) in [5.41, 5.74) is 0. The minimum atomic E-state index is 0.250. The third-order valence-electron chi connectivity index (χ3n) is 0. The van der Waals surface area contributed by atoms with Gasteiger partial charge in [0.15, 0.2) is 0 Å². The molecule has 0 aromatic heterocycles. The molecule has 0 unspecified atom stereocenters. The van der Waals surface area contributed by atoms with Crippen molar-refractivity contribution in [3.63, 3.8) is 0 Å². The van der Waals surface area contributed by atoms with Gasteiger partial charge in [0.05, 0.1) is 0 Å². The molecular weight excluding hydrogens is 206 g/mol. The fraction of sp³-hybridized carbons (Fsp3) is 1.00. The van der Waals surface area contributed by atoms with E-state index in [1.54, 1.807) is 6.92 Å². The van der Waals surface area contributed by atoms with E-state index in [-0.39, 0.29) is 6.61 Å². The Balaban J connectivity index is 0. The Bertz CT molecular complexity index is 9.61. The minimum absolute atomic E-state index is 0.250. The van der Waals surface area contributed by atoms with Crippen molar-refractivity contribution in [3.8, 4) is 0 Å². The van der Waals surface area contributed by atoms with E-state index in [0.717, 1.165) is 42.7 Å². The van der Waals surface area contributed by atoms with Crippen LogP contribution in [-0.2, 0) is 0 Å². The van der Waals surface area contributed by atoms with Gasteiger partial charge >= 0.3 is 54.0 Å². The first-order valence-electron chi connectivity index (χ1n) is 1.40. The van der Waals surface area contributed by atoms with Gasteiger partial charge in [-0.2, -0.15) is 0 Å². The summed E-state index contributed by atoms with van der Waals surface area (Å²) in [7, 11) is 0. The van der Waals surface area contributed by atoms with Crippen molar-refractivity contribution in [2.45, 2.75) is 6.92 Å². The van der Waals surface area contributed by atoms with Gasteiger partial charge in [0.2, 0.25) is 0 Å². The van der Waals surface area contributed by atoms with Crippen molar-refractivity contribution < 1.29 is 5.11 Å². The SMILES string of the molecule is CCO.[K][I]. The van der Waals surface area contributed by atoms with Gasteiger partial charge in [-0.3, -0.25) is 0 Å². The molecule has 0 saturated heterocycles. The van der Waals surface area contributed by atoms with Crippen LogP contribution in [0.2, 0.25) is 0 Å². The van der Waals surface area contributed by atoms with Gasteiger partial charge < -0.3 is 5.11 Å². The Labute approximate surface area is 70.6 Å². The maximum absolute atomic E-state index is 7.57. The molecule has 0 fully saturated rings. The van der Waals surface area contributed by atoms with Gasteiger partial charge in [-0.1, -0.05) is 0 Å². The molecule has 28 valence electrons. The summed E-state index contributed by atoms with van der Waals surface area (Å²) in [5.74, 6) is 0. The van der Waals surface area contributed by atoms with E-state index in [1.807, 2.05) is 0 Å². The maximum atomic E-state index is 7.57. The number of rotatable bonds is 0. The molecule has 0 atom stereocenters. The summed E-state index contributed by atoms with van der Waals surface area (Å²) in [6.45, 7) is 1.93. The third-order valence-corrected chi connectivity index (χ3v) is 0. The van der Waals surface area contributed by atoms with Gasteiger partial charge in [-0.05, 0) is 6.92 Å². The molecular formula is C2H6IKO. The molecule has 1 nitrogen and oxygen atoms in total. The Morgan fingerprint density at radius 2 is 1.80 bits per heavy atom. The second-order valence-electron chi connectivity index (χ2n) is 0.316. The fourth-order valence-corrected chi connectivity index (χ4v) is 0. The Hall–Kier alpha value is 2.33. The predicted molar refractivity (Wildman–Crippen MR) is 32.5 cm³/mol. The average molecular weight is 212 g/mol. The van der Waals surface area contributed by atoms with Crippen LogP contribution >= 0.6 is 11.3 Å². The first-order chi connectivity index (χ1) is 2.41. The molecule has 5 heavy (non-hydrogen) atoms. The molecule has 0 aromatic rings. The van der Waals surface area contributed by atoms with Crippen LogP contribution in [0.5, 0.6) is 0 Å². The third kappa shape index (κ3) is 21.9. The molecule has 0 aromatic carbocycles. The van der Waals surface area contributed by atoms with E-state index in [9.17, 15) is 0 Å². The molecule has 0 aliphatic heterocycles. The van der Waals surface area contributed by atoms with Crippen LogP contribution in [0.15, 0.2) is 0 Å². The van der Waals surface area contributed by atoms with E-state index in [0.29, 0.717) is 0 Å². The van der Waals surface area contributed by atoms with Crippen molar-refractivity contribution in [1.82, 2.24) is 0 Å². The van der Waals surface area contributed by atoms with Gasteiger partial charge in [-0.25, -0.2) is 0 Å². The van der Waals surface area contributed by atoms with E-state index in [2.05, 4.69) is 11.3 Å². The standard InChI is InChI=1S/C2H6O.HI.K/c1-2-3;;/h3H,2H2,1H3;1H;/q;;+1/p-1. The monoisotopic (exact) mass is 212 g/mol. The summed E-state index contributed by atoms with van der Waals surface area (Å²) >= 11 is 3.37. The molecule has 0 aliphatic rings. The molecule has 0 radical (unpaired) electrons. The van der Waals surface area contributed by atoms with Gasteiger partial charge in [0.25, 0.3) is 0 Å². The first-order valence-corrected chi connectivity index (χ1v) is 11.5. The summed E-state index contributed by atoms with van der Waals surface area (Å²) in [4.78, 5) is 0. The Morgan fingerprint density at radius 3 is 1.80 bits per heavy atom. The zero-order chi connectivity index (χ0) is 4.71. The molecule has 0 spiro atoms. The molecule has 0 rings (SSSR count).